The Hall–Kier alpha value is 0.336. The van der Waals surface area contributed by atoms with Gasteiger partial charge in [-0.15, -0.1) is 0 Å². The van der Waals surface area contributed by atoms with Crippen LogP contribution in [0, 0.1) is 5.92 Å². The number of aliphatic hydroxyl groups excluding tert-OH is 1. The van der Waals surface area contributed by atoms with Gasteiger partial charge < -0.3 is 24.6 Å². The quantitative estimate of drug-likeness (QED) is 0.566. The first-order chi connectivity index (χ1) is 8.63. The summed E-state index contributed by atoms with van der Waals surface area (Å²) in [6.45, 7) is 7.13. The van der Waals surface area contributed by atoms with Gasteiger partial charge in [0, 0.05) is 18.4 Å². The zero-order chi connectivity index (χ0) is 14.8. The van der Waals surface area contributed by atoms with Crippen LogP contribution in [-0.4, -0.2) is 46.4 Å². The minimum atomic E-state index is -1.32. The third-order valence-corrected chi connectivity index (χ3v) is 3.21. The van der Waals surface area contributed by atoms with Crippen molar-refractivity contribution in [2.75, 3.05) is 6.54 Å². The standard InChI is InChI=1S/C13H23NO5.K/c1-8(11(16)17)10(15)9-6-5-7-14(9)12(18)19-13(2,3)4;/h8-10,15H,5-7H2,1-4H3,(H,16,17);/q;+1/p-1/t8-,9+,10-;/m1./s1. The van der Waals surface area contributed by atoms with Crippen LogP contribution < -0.4 is 56.5 Å². The maximum absolute atomic E-state index is 12.0. The Morgan fingerprint density at radius 1 is 1.40 bits per heavy atom. The van der Waals surface area contributed by atoms with E-state index in [0.29, 0.717) is 13.0 Å². The predicted molar refractivity (Wildman–Crippen MR) is 66.1 cm³/mol. The van der Waals surface area contributed by atoms with Crippen molar-refractivity contribution in [2.24, 2.45) is 5.92 Å². The Balaban J connectivity index is 0.00000361. The van der Waals surface area contributed by atoms with Crippen LogP contribution in [-0.2, 0) is 9.53 Å². The van der Waals surface area contributed by atoms with Crippen molar-refractivity contribution < 1.29 is 75.9 Å². The molecule has 0 radical (unpaired) electrons. The maximum Gasteiger partial charge on any atom is 1.00 e. The molecule has 0 aromatic carbocycles. The van der Waals surface area contributed by atoms with E-state index in [1.165, 1.54) is 11.8 Å². The molecule has 3 atom stereocenters. The molecule has 0 aliphatic carbocycles. The number of likely N-dealkylation sites (tertiary alicyclic amines) is 1. The van der Waals surface area contributed by atoms with Gasteiger partial charge in [-0.2, -0.15) is 0 Å². The number of hydrogen-bond donors (Lipinski definition) is 1. The molecular formula is C13H22KNO5. The second-order valence-corrected chi connectivity index (χ2v) is 5.98. The van der Waals surface area contributed by atoms with Crippen LogP contribution in [0.3, 0.4) is 0 Å². The van der Waals surface area contributed by atoms with Crippen molar-refractivity contribution in [3.8, 4) is 0 Å². The summed E-state index contributed by atoms with van der Waals surface area (Å²) in [5, 5.41) is 20.8. The maximum atomic E-state index is 12.0. The number of hydrogen-bond acceptors (Lipinski definition) is 5. The van der Waals surface area contributed by atoms with Crippen molar-refractivity contribution in [3.63, 3.8) is 0 Å². The molecule has 0 spiro atoms. The molecule has 0 saturated carbocycles. The molecule has 1 amide bonds. The van der Waals surface area contributed by atoms with Crippen molar-refractivity contribution in [2.45, 2.75) is 58.3 Å². The summed E-state index contributed by atoms with van der Waals surface area (Å²) in [7, 11) is 0. The first-order valence-corrected chi connectivity index (χ1v) is 6.52. The van der Waals surface area contributed by atoms with Crippen molar-refractivity contribution >= 4 is 12.1 Å². The van der Waals surface area contributed by atoms with Crippen LogP contribution in [0.2, 0.25) is 0 Å². The molecule has 110 valence electrons. The SMILES string of the molecule is C[C@@H](C(=O)[O-])[C@@H](O)[C@@H]1CCCN1C(=O)OC(C)(C)C.[K+]. The Kier molecular flexibility index (Phi) is 8.23. The molecule has 6 nitrogen and oxygen atoms in total. The molecule has 1 heterocycles. The molecule has 0 aromatic heterocycles. The summed E-state index contributed by atoms with van der Waals surface area (Å²) >= 11 is 0. The van der Waals surface area contributed by atoms with Gasteiger partial charge in [-0.3, -0.25) is 0 Å². The van der Waals surface area contributed by atoms with E-state index in [9.17, 15) is 19.8 Å². The van der Waals surface area contributed by atoms with Gasteiger partial charge in [0.15, 0.2) is 0 Å². The Morgan fingerprint density at radius 3 is 2.40 bits per heavy atom. The Bertz CT molecular complexity index is 355. The number of carbonyl (C=O) groups is 2. The molecule has 0 unspecified atom stereocenters. The molecule has 1 saturated heterocycles. The van der Waals surface area contributed by atoms with E-state index in [1.54, 1.807) is 20.8 Å². The number of rotatable bonds is 3. The van der Waals surface area contributed by atoms with Crippen molar-refractivity contribution in [1.82, 2.24) is 4.90 Å². The van der Waals surface area contributed by atoms with Crippen LogP contribution in [0.25, 0.3) is 0 Å². The molecule has 7 heteroatoms. The summed E-state index contributed by atoms with van der Waals surface area (Å²) in [5.74, 6) is -2.34. The van der Waals surface area contributed by atoms with E-state index >= 15 is 0 Å². The zero-order valence-corrected chi connectivity index (χ0v) is 16.0. The molecule has 1 aliphatic heterocycles. The largest absolute Gasteiger partial charge is 1.00 e. The number of carboxylic acid groups (broad SMARTS) is 1. The molecule has 1 aliphatic rings. The zero-order valence-electron chi connectivity index (χ0n) is 12.9. The summed E-state index contributed by atoms with van der Waals surface area (Å²) in [5.41, 5.74) is -0.616. The number of carboxylic acids is 1. The second-order valence-electron chi connectivity index (χ2n) is 5.98. The first-order valence-electron chi connectivity index (χ1n) is 6.52. The molecule has 20 heavy (non-hydrogen) atoms. The van der Waals surface area contributed by atoms with E-state index in [0.717, 1.165) is 6.42 Å². The summed E-state index contributed by atoms with van der Waals surface area (Å²) in [6, 6.07) is -0.525. The van der Waals surface area contributed by atoms with Gasteiger partial charge in [0.2, 0.25) is 0 Å². The van der Waals surface area contributed by atoms with Crippen molar-refractivity contribution in [3.05, 3.63) is 0 Å². The van der Waals surface area contributed by atoms with Crippen LogP contribution in [0.4, 0.5) is 4.79 Å². The molecular weight excluding hydrogens is 289 g/mol. The van der Waals surface area contributed by atoms with Crippen LogP contribution in [0.1, 0.15) is 40.5 Å². The number of aliphatic carboxylic acids is 1. The summed E-state index contributed by atoms with van der Waals surface area (Å²) in [6.07, 6.45) is -0.363. The fraction of sp³-hybridized carbons (Fsp3) is 0.846. The molecule has 0 aromatic rings. The molecule has 1 rings (SSSR count). The van der Waals surface area contributed by atoms with Gasteiger partial charge in [-0.05, 0) is 33.6 Å². The van der Waals surface area contributed by atoms with Gasteiger partial charge in [0.05, 0.1) is 12.1 Å². The summed E-state index contributed by atoms with van der Waals surface area (Å²) < 4.78 is 5.26. The predicted octanol–water partition coefficient (Wildman–Crippen LogP) is -2.86. The van der Waals surface area contributed by atoms with Gasteiger partial charge in [0.25, 0.3) is 0 Å². The fourth-order valence-electron chi connectivity index (χ4n) is 2.17. The third kappa shape index (κ3) is 5.61. The topological polar surface area (TPSA) is 89.9 Å². The first kappa shape index (κ1) is 20.3. The van der Waals surface area contributed by atoms with E-state index in [-0.39, 0.29) is 51.4 Å². The number of nitrogens with zero attached hydrogens (tertiary/aromatic N) is 1. The van der Waals surface area contributed by atoms with Crippen LogP contribution in [0.5, 0.6) is 0 Å². The Labute approximate surface area is 162 Å². The number of carbonyl (C=O) groups excluding carboxylic acids is 2. The van der Waals surface area contributed by atoms with Gasteiger partial charge in [-0.25, -0.2) is 4.79 Å². The smallest absolute Gasteiger partial charge is 0.550 e. The van der Waals surface area contributed by atoms with E-state index in [2.05, 4.69) is 0 Å². The number of amides is 1. The number of aliphatic hydroxyl groups is 1. The van der Waals surface area contributed by atoms with Gasteiger partial charge in [-0.1, -0.05) is 6.92 Å². The minimum absolute atomic E-state index is 0. The van der Waals surface area contributed by atoms with Crippen molar-refractivity contribution in [1.29, 1.82) is 0 Å². The normalized spacial score (nSPS) is 21.9. The minimum Gasteiger partial charge on any atom is -0.550 e. The average Bonchev–Trinajstić information content (AvgIpc) is 2.73. The summed E-state index contributed by atoms with van der Waals surface area (Å²) in [4.78, 5) is 24.2. The van der Waals surface area contributed by atoms with E-state index < -0.39 is 35.7 Å². The van der Waals surface area contributed by atoms with Crippen LogP contribution >= 0.6 is 0 Å². The van der Waals surface area contributed by atoms with E-state index in [1.807, 2.05) is 0 Å². The van der Waals surface area contributed by atoms with Gasteiger partial charge in [0.1, 0.15) is 5.60 Å². The van der Waals surface area contributed by atoms with E-state index in [4.69, 9.17) is 4.74 Å². The monoisotopic (exact) mass is 311 g/mol. The van der Waals surface area contributed by atoms with Crippen LogP contribution in [0.15, 0.2) is 0 Å². The third-order valence-electron chi connectivity index (χ3n) is 3.21. The second kappa shape index (κ2) is 8.10. The molecule has 1 fully saturated rings. The number of ether oxygens (including phenoxy) is 1. The fourth-order valence-corrected chi connectivity index (χ4v) is 2.17. The van der Waals surface area contributed by atoms with Gasteiger partial charge >= 0.3 is 57.5 Å². The Morgan fingerprint density at radius 2 is 1.95 bits per heavy atom. The molecule has 1 N–H and O–H groups in total. The molecule has 0 bridgehead atoms. The average molecular weight is 311 g/mol.